The Morgan fingerprint density at radius 2 is 2.30 bits per heavy atom. The van der Waals surface area contributed by atoms with Crippen LogP contribution in [0.1, 0.15) is 41.5 Å². The fourth-order valence-corrected chi connectivity index (χ4v) is 4.17. The first kappa shape index (κ1) is 16.4. The van der Waals surface area contributed by atoms with Crippen molar-refractivity contribution in [3.8, 4) is 0 Å². The van der Waals surface area contributed by atoms with Gasteiger partial charge in [0.1, 0.15) is 5.76 Å². The summed E-state index contributed by atoms with van der Waals surface area (Å²) >= 11 is 7.92. The molecule has 23 heavy (non-hydrogen) atoms. The predicted molar refractivity (Wildman–Crippen MR) is 92.0 cm³/mol. The van der Waals surface area contributed by atoms with Gasteiger partial charge in [-0.05, 0) is 50.5 Å². The molecule has 0 spiro atoms. The first-order chi connectivity index (χ1) is 11.0. The number of hydrogen-bond donors (Lipinski definition) is 1. The van der Waals surface area contributed by atoms with Gasteiger partial charge in [-0.15, -0.1) is 11.8 Å². The summed E-state index contributed by atoms with van der Waals surface area (Å²) in [5.41, 5.74) is 3.02. The molecule has 122 valence electrons. The lowest BCUT2D eigenvalue weighted by Crippen LogP contribution is -2.30. The number of amides is 1. The smallest absolute Gasteiger partial charge is 0.220 e. The number of aryl methyl sites for hydroxylation is 2. The first-order valence-electron chi connectivity index (χ1n) is 7.68. The number of benzene rings is 1. The lowest BCUT2D eigenvalue weighted by molar-refractivity contribution is -0.121. The first-order valence-corrected chi connectivity index (χ1v) is 9.04. The van der Waals surface area contributed by atoms with Gasteiger partial charge < -0.3 is 9.84 Å². The molecule has 0 fully saturated rings. The Hall–Kier alpha value is -1.46. The number of fused-ring (bicyclic) bond motifs is 1. The largest absolute Gasteiger partial charge is 0.361 e. The third-order valence-corrected chi connectivity index (χ3v) is 5.49. The zero-order valence-corrected chi connectivity index (χ0v) is 14.8. The summed E-state index contributed by atoms with van der Waals surface area (Å²) in [6, 6.07) is 5.93. The molecule has 2 aromatic rings. The second kappa shape index (κ2) is 6.97. The van der Waals surface area contributed by atoms with Crippen LogP contribution in [-0.4, -0.2) is 16.8 Å². The zero-order valence-electron chi connectivity index (χ0n) is 13.2. The predicted octanol–water partition coefficient (Wildman–Crippen LogP) is 4.23. The topological polar surface area (TPSA) is 55.1 Å². The maximum Gasteiger partial charge on any atom is 0.220 e. The van der Waals surface area contributed by atoms with Gasteiger partial charge in [-0.1, -0.05) is 16.8 Å². The molecule has 2 heterocycles. The van der Waals surface area contributed by atoms with Gasteiger partial charge in [-0.2, -0.15) is 0 Å². The fourth-order valence-electron chi connectivity index (χ4n) is 2.88. The summed E-state index contributed by atoms with van der Waals surface area (Å²) in [6.07, 6.45) is 2.01. The summed E-state index contributed by atoms with van der Waals surface area (Å²) in [5, 5.41) is 7.78. The molecule has 1 amide bonds. The molecule has 1 N–H and O–H groups in total. The van der Waals surface area contributed by atoms with Crippen LogP contribution in [0, 0.1) is 13.8 Å². The van der Waals surface area contributed by atoms with Crippen molar-refractivity contribution in [1.29, 1.82) is 0 Å². The van der Waals surface area contributed by atoms with Gasteiger partial charge in [-0.25, -0.2) is 0 Å². The standard InChI is InChI=1S/C17H19ClN2O2S/c1-10-13(11(2)22-20-10)4-6-17(21)19-15-7-8-23-16-5-3-12(18)9-14(15)16/h3,5,9,15H,4,6-8H2,1-2H3,(H,19,21)/t15-/m1/s1. The minimum atomic E-state index is 0.0436. The van der Waals surface area contributed by atoms with Crippen LogP contribution in [0.4, 0.5) is 0 Å². The molecule has 1 atom stereocenters. The van der Waals surface area contributed by atoms with Crippen molar-refractivity contribution in [3.05, 3.63) is 45.8 Å². The molecule has 1 aliphatic heterocycles. The average molecular weight is 351 g/mol. The fraction of sp³-hybridized carbons (Fsp3) is 0.412. The average Bonchev–Trinajstić information content (AvgIpc) is 2.84. The van der Waals surface area contributed by atoms with E-state index in [-0.39, 0.29) is 11.9 Å². The van der Waals surface area contributed by atoms with Gasteiger partial charge in [0.05, 0.1) is 11.7 Å². The van der Waals surface area contributed by atoms with E-state index >= 15 is 0 Å². The van der Waals surface area contributed by atoms with Gasteiger partial charge in [0.25, 0.3) is 0 Å². The molecule has 4 nitrogen and oxygen atoms in total. The van der Waals surface area contributed by atoms with Crippen LogP contribution in [0.15, 0.2) is 27.6 Å². The van der Waals surface area contributed by atoms with E-state index in [1.165, 1.54) is 4.90 Å². The van der Waals surface area contributed by atoms with Crippen LogP contribution in [0.5, 0.6) is 0 Å². The highest BCUT2D eigenvalue weighted by atomic mass is 35.5. The number of rotatable bonds is 4. The lowest BCUT2D eigenvalue weighted by atomic mass is 10.0. The second-order valence-electron chi connectivity index (χ2n) is 5.74. The number of nitrogens with one attached hydrogen (secondary N) is 1. The summed E-state index contributed by atoms with van der Waals surface area (Å²) < 4.78 is 5.14. The Bertz CT molecular complexity index is 710. The molecule has 1 aliphatic rings. The number of hydrogen-bond acceptors (Lipinski definition) is 4. The Labute approximate surface area is 145 Å². The van der Waals surface area contributed by atoms with E-state index in [9.17, 15) is 4.79 Å². The number of halogens is 1. The van der Waals surface area contributed by atoms with E-state index in [2.05, 4.69) is 10.5 Å². The molecular weight excluding hydrogens is 332 g/mol. The molecule has 0 bridgehead atoms. The molecule has 6 heteroatoms. The van der Waals surface area contributed by atoms with Gasteiger partial charge in [0.2, 0.25) is 5.91 Å². The normalized spacial score (nSPS) is 16.9. The molecule has 0 saturated carbocycles. The Morgan fingerprint density at radius 1 is 1.48 bits per heavy atom. The van der Waals surface area contributed by atoms with Gasteiger partial charge in [-0.3, -0.25) is 4.79 Å². The van der Waals surface area contributed by atoms with Crippen LogP contribution in [0.2, 0.25) is 5.02 Å². The Kier molecular flexibility index (Phi) is 4.97. The van der Waals surface area contributed by atoms with Gasteiger partial charge in [0.15, 0.2) is 0 Å². The molecule has 0 aliphatic carbocycles. The maximum atomic E-state index is 12.3. The van der Waals surface area contributed by atoms with Crippen molar-refractivity contribution >= 4 is 29.3 Å². The summed E-state index contributed by atoms with van der Waals surface area (Å²) in [4.78, 5) is 13.5. The summed E-state index contributed by atoms with van der Waals surface area (Å²) in [5.74, 6) is 1.85. The van der Waals surface area contributed by atoms with Gasteiger partial charge >= 0.3 is 0 Å². The number of carbonyl (C=O) groups is 1. The monoisotopic (exact) mass is 350 g/mol. The molecule has 0 unspecified atom stereocenters. The minimum absolute atomic E-state index is 0.0436. The summed E-state index contributed by atoms with van der Waals surface area (Å²) in [6.45, 7) is 3.78. The maximum absolute atomic E-state index is 12.3. The Balaban J connectivity index is 1.64. The van der Waals surface area contributed by atoms with E-state index < -0.39 is 0 Å². The number of carbonyl (C=O) groups excluding carboxylic acids is 1. The molecule has 0 radical (unpaired) electrons. The highest BCUT2D eigenvalue weighted by Crippen LogP contribution is 2.37. The van der Waals surface area contributed by atoms with Crippen molar-refractivity contribution in [2.24, 2.45) is 0 Å². The van der Waals surface area contributed by atoms with E-state index in [0.29, 0.717) is 17.9 Å². The van der Waals surface area contributed by atoms with E-state index in [1.54, 1.807) is 0 Å². The van der Waals surface area contributed by atoms with Crippen LogP contribution in [0.25, 0.3) is 0 Å². The van der Waals surface area contributed by atoms with Crippen molar-refractivity contribution in [3.63, 3.8) is 0 Å². The molecule has 0 saturated heterocycles. The van der Waals surface area contributed by atoms with Crippen molar-refractivity contribution < 1.29 is 9.32 Å². The number of nitrogens with zero attached hydrogens (tertiary/aromatic N) is 1. The minimum Gasteiger partial charge on any atom is -0.361 e. The number of thioether (sulfide) groups is 1. The zero-order chi connectivity index (χ0) is 16.4. The molecule has 1 aromatic carbocycles. The van der Waals surface area contributed by atoms with Crippen LogP contribution >= 0.6 is 23.4 Å². The number of aromatic nitrogens is 1. The van der Waals surface area contributed by atoms with E-state index in [0.717, 1.165) is 34.8 Å². The molecule has 1 aromatic heterocycles. The lowest BCUT2D eigenvalue weighted by Gasteiger charge is -2.26. The summed E-state index contributed by atoms with van der Waals surface area (Å²) in [7, 11) is 0. The second-order valence-corrected chi connectivity index (χ2v) is 7.32. The SMILES string of the molecule is Cc1noc(C)c1CCC(=O)N[C@@H]1CCSc2ccc(Cl)cc21. The molecular formula is C17H19ClN2O2S. The highest BCUT2D eigenvalue weighted by molar-refractivity contribution is 7.99. The quantitative estimate of drug-likeness (QED) is 0.896. The highest BCUT2D eigenvalue weighted by Gasteiger charge is 2.23. The third-order valence-electron chi connectivity index (χ3n) is 4.13. The van der Waals surface area contributed by atoms with E-state index in [1.807, 2.05) is 43.8 Å². The Morgan fingerprint density at radius 3 is 3.04 bits per heavy atom. The van der Waals surface area contributed by atoms with Crippen LogP contribution in [0.3, 0.4) is 0 Å². The van der Waals surface area contributed by atoms with E-state index in [4.69, 9.17) is 16.1 Å². The van der Waals surface area contributed by atoms with Gasteiger partial charge in [0, 0.05) is 27.7 Å². The molecule has 3 rings (SSSR count). The van der Waals surface area contributed by atoms with Crippen LogP contribution < -0.4 is 5.32 Å². The van der Waals surface area contributed by atoms with Crippen molar-refractivity contribution in [2.45, 2.75) is 44.0 Å². The van der Waals surface area contributed by atoms with Crippen molar-refractivity contribution in [1.82, 2.24) is 10.5 Å². The van der Waals surface area contributed by atoms with Crippen molar-refractivity contribution in [2.75, 3.05) is 5.75 Å². The van der Waals surface area contributed by atoms with Crippen LogP contribution in [-0.2, 0) is 11.2 Å². The third kappa shape index (κ3) is 3.72.